The third kappa shape index (κ3) is 3.04. The fourth-order valence-corrected chi connectivity index (χ4v) is 4.12. The Kier molecular flexibility index (Phi) is 3.85. The molecule has 2 atom stereocenters. The first kappa shape index (κ1) is 11.6. The van der Waals surface area contributed by atoms with Gasteiger partial charge in [0.2, 0.25) is 5.91 Å². The van der Waals surface area contributed by atoms with Gasteiger partial charge in [-0.1, -0.05) is 0 Å². The average Bonchev–Trinajstić information content (AvgIpc) is 2.85. The Morgan fingerprint density at radius 3 is 3.13 bits per heavy atom. The molecule has 2 rings (SSSR count). The zero-order valence-corrected chi connectivity index (χ0v) is 10.7. The highest BCUT2D eigenvalue weighted by Crippen LogP contribution is 2.36. The van der Waals surface area contributed by atoms with E-state index in [1.165, 1.54) is 18.6 Å². The average molecular weight is 246 g/mol. The highest BCUT2D eigenvalue weighted by atomic mass is 32.2. The highest BCUT2D eigenvalue weighted by Gasteiger charge is 2.31. The monoisotopic (exact) mass is 246 g/mol. The molecule has 2 N–H and O–H groups in total. The van der Waals surface area contributed by atoms with Crippen LogP contribution in [0.3, 0.4) is 0 Å². The summed E-state index contributed by atoms with van der Waals surface area (Å²) in [5.41, 5.74) is 0. The van der Waals surface area contributed by atoms with Crippen LogP contribution in [0.4, 0.5) is 0 Å². The highest BCUT2D eigenvalue weighted by molar-refractivity contribution is 8.00. The van der Waals surface area contributed by atoms with Crippen molar-refractivity contribution in [3.8, 4) is 0 Å². The van der Waals surface area contributed by atoms with Gasteiger partial charge in [-0.25, -0.2) is 0 Å². The zero-order valence-electron chi connectivity index (χ0n) is 9.04. The number of rotatable bonds is 3. The molecule has 2 heterocycles. The summed E-state index contributed by atoms with van der Waals surface area (Å²) in [4.78, 5) is 11.7. The van der Waals surface area contributed by atoms with Crippen LogP contribution in [0, 0.1) is 0 Å². The molecule has 15 heavy (non-hydrogen) atoms. The molecule has 2 saturated heterocycles. The minimum atomic E-state index is 0.0324. The molecule has 0 bridgehead atoms. The molecule has 0 aromatic carbocycles. The van der Waals surface area contributed by atoms with Gasteiger partial charge in [0.1, 0.15) is 0 Å². The Balaban J connectivity index is 1.74. The second-order valence-electron chi connectivity index (χ2n) is 4.39. The van der Waals surface area contributed by atoms with E-state index in [0.29, 0.717) is 0 Å². The molecule has 0 aromatic heterocycles. The van der Waals surface area contributed by atoms with Crippen molar-refractivity contribution in [1.82, 2.24) is 10.6 Å². The molecule has 2 aliphatic heterocycles. The molecule has 1 amide bonds. The number of hydrogen-bond acceptors (Lipinski definition) is 4. The number of carbonyl (C=O) groups excluding carboxylic acids is 1. The zero-order chi connectivity index (χ0) is 10.7. The number of carbonyl (C=O) groups is 1. The number of nitrogens with one attached hydrogen (secondary N) is 2. The summed E-state index contributed by atoms with van der Waals surface area (Å²) in [5.74, 6) is 3.23. The molecule has 86 valence electrons. The van der Waals surface area contributed by atoms with E-state index in [1.54, 1.807) is 11.8 Å². The quantitative estimate of drug-likeness (QED) is 0.781. The lowest BCUT2D eigenvalue weighted by Gasteiger charge is -2.23. The third-order valence-electron chi connectivity index (χ3n) is 2.97. The van der Waals surface area contributed by atoms with Crippen molar-refractivity contribution in [1.29, 1.82) is 0 Å². The van der Waals surface area contributed by atoms with E-state index >= 15 is 0 Å². The molecule has 0 aromatic rings. The SMILES string of the molecule is CC1(CNC(=O)[C@H]2CSCN2)CCCS1. The fourth-order valence-electron chi connectivity index (χ4n) is 1.94. The van der Waals surface area contributed by atoms with Gasteiger partial charge in [-0.2, -0.15) is 11.8 Å². The molecule has 2 fully saturated rings. The van der Waals surface area contributed by atoms with Crippen molar-refractivity contribution in [2.75, 3.05) is 23.9 Å². The number of thioether (sulfide) groups is 2. The Morgan fingerprint density at radius 2 is 2.53 bits per heavy atom. The van der Waals surface area contributed by atoms with Crippen molar-refractivity contribution in [3.63, 3.8) is 0 Å². The summed E-state index contributed by atoms with van der Waals surface area (Å²) in [5, 5.41) is 6.26. The molecule has 0 radical (unpaired) electrons. The van der Waals surface area contributed by atoms with Gasteiger partial charge in [0, 0.05) is 22.9 Å². The lowest BCUT2D eigenvalue weighted by atomic mass is 10.1. The first-order valence-electron chi connectivity index (χ1n) is 5.42. The van der Waals surface area contributed by atoms with Crippen LogP contribution in [0.1, 0.15) is 19.8 Å². The van der Waals surface area contributed by atoms with Gasteiger partial charge < -0.3 is 5.32 Å². The first-order valence-corrected chi connectivity index (χ1v) is 7.56. The Labute approximate surface area is 99.5 Å². The van der Waals surface area contributed by atoms with Gasteiger partial charge in [0.05, 0.1) is 6.04 Å². The van der Waals surface area contributed by atoms with Gasteiger partial charge in [0.25, 0.3) is 0 Å². The Bertz CT molecular complexity index is 236. The first-order chi connectivity index (χ1) is 7.20. The van der Waals surface area contributed by atoms with Crippen molar-refractivity contribution in [2.45, 2.75) is 30.6 Å². The third-order valence-corrected chi connectivity index (χ3v) is 5.45. The maximum atomic E-state index is 11.7. The minimum Gasteiger partial charge on any atom is -0.353 e. The van der Waals surface area contributed by atoms with Gasteiger partial charge >= 0.3 is 0 Å². The molecule has 1 unspecified atom stereocenters. The van der Waals surface area contributed by atoms with E-state index in [4.69, 9.17) is 0 Å². The van der Waals surface area contributed by atoms with E-state index in [2.05, 4.69) is 17.6 Å². The van der Waals surface area contributed by atoms with E-state index in [9.17, 15) is 4.79 Å². The second-order valence-corrected chi connectivity index (χ2v) is 7.10. The largest absolute Gasteiger partial charge is 0.353 e. The van der Waals surface area contributed by atoms with E-state index in [0.717, 1.165) is 18.2 Å². The van der Waals surface area contributed by atoms with Gasteiger partial charge in [-0.3, -0.25) is 10.1 Å². The van der Waals surface area contributed by atoms with Crippen LogP contribution in [-0.2, 0) is 4.79 Å². The smallest absolute Gasteiger partial charge is 0.238 e. The number of hydrogen-bond donors (Lipinski definition) is 2. The molecule has 3 nitrogen and oxygen atoms in total. The van der Waals surface area contributed by atoms with Crippen LogP contribution in [0.25, 0.3) is 0 Å². The van der Waals surface area contributed by atoms with Crippen molar-refractivity contribution < 1.29 is 4.79 Å². The summed E-state index contributed by atoms with van der Waals surface area (Å²) in [6, 6.07) is 0.0324. The van der Waals surface area contributed by atoms with Gasteiger partial charge in [0.15, 0.2) is 0 Å². The lowest BCUT2D eigenvalue weighted by molar-refractivity contribution is -0.122. The predicted octanol–water partition coefficient (Wildman–Crippen LogP) is 1.05. The molecular weight excluding hydrogens is 228 g/mol. The van der Waals surface area contributed by atoms with Crippen molar-refractivity contribution in [2.24, 2.45) is 0 Å². The number of amides is 1. The van der Waals surface area contributed by atoms with E-state index in [1.807, 2.05) is 11.8 Å². The molecule has 0 spiro atoms. The molecule has 0 saturated carbocycles. The standard InChI is InChI=1S/C10H18N2OS2/c1-10(3-2-4-15-10)6-11-9(13)8-5-14-7-12-8/h8,12H,2-7H2,1H3,(H,11,13)/t8-,10?/m1/s1. The summed E-state index contributed by atoms with van der Waals surface area (Å²) >= 11 is 3.78. The van der Waals surface area contributed by atoms with Crippen molar-refractivity contribution in [3.05, 3.63) is 0 Å². The fraction of sp³-hybridized carbons (Fsp3) is 0.900. The minimum absolute atomic E-state index is 0.0324. The van der Waals surface area contributed by atoms with Gasteiger partial charge in [-0.05, 0) is 25.5 Å². The Morgan fingerprint density at radius 1 is 1.67 bits per heavy atom. The summed E-state index contributed by atoms with van der Waals surface area (Å²) in [7, 11) is 0. The van der Waals surface area contributed by atoms with Crippen LogP contribution in [0.5, 0.6) is 0 Å². The van der Waals surface area contributed by atoms with Crippen LogP contribution < -0.4 is 10.6 Å². The summed E-state index contributed by atoms with van der Waals surface area (Å²) < 4.78 is 0.279. The molecule has 2 aliphatic rings. The predicted molar refractivity (Wildman–Crippen MR) is 67.4 cm³/mol. The van der Waals surface area contributed by atoms with Gasteiger partial charge in [-0.15, -0.1) is 11.8 Å². The van der Waals surface area contributed by atoms with E-state index < -0.39 is 0 Å². The maximum Gasteiger partial charge on any atom is 0.238 e. The topological polar surface area (TPSA) is 41.1 Å². The molecule has 5 heteroatoms. The summed E-state index contributed by atoms with van der Waals surface area (Å²) in [6.45, 7) is 3.07. The maximum absolute atomic E-state index is 11.7. The second kappa shape index (κ2) is 4.97. The van der Waals surface area contributed by atoms with Crippen LogP contribution in [0.2, 0.25) is 0 Å². The summed E-state index contributed by atoms with van der Waals surface area (Å²) in [6.07, 6.45) is 2.51. The lowest BCUT2D eigenvalue weighted by Crippen LogP contribution is -2.46. The normalized spacial score (nSPS) is 35.7. The van der Waals surface area contributed by atoms with E-state index in [-0.39, 0.29) is 16.7 Å². The van der Waals surface area contributed by atoms with Crippen LogP contribution in [-0.4, -0.2) is 40.6 Å². The molecule has 0 aliphatic carbocycles. The van der Waals surface area contributed by atoms with Crippen LogP contribution in [0.15, 0.2) is 0 Å². The Hall–Kier alpha value is 0.130. The van der Waals surface area contributed by atoms with Crippen molar-refractivity contribution >= 4 is 29.4 Å². The van der Waals surface area contributed by atoms with Crippen LogP contribution >= 0.6 is 23.5 Å². The molecular formula is C10H18N2OS2.